The Hall–Kier alpha value is -0.760. The van der Waals surface area contributed by atoms with Crippen LogP contribution in [0.25, 0.3) is 0 Å². The summed E-state index contributed by atoms with van der Waals surface area (Å²) >= 11 is 0. The van der Waals surface area contributed by atoms with E-state index in [1.807, 2.05) is 0 Å². The summed E-state index contributed by atoms with van der Waals surface area (Å²) in [5.74, 6) is -1.57. The van der Waals surface area contributed by atoms with E-state index < -0.39 is 21.2 Å². The molecule has 2 aliphatic heterocycles. The zero-order chi connectivity index (χ0) is 14.8. The molecule has 2 heterocycles. The van der Waals surface area contributed by atoms with Gasteiger partial charge in [0.05, 0.1) is 0 Å². The molecule has 116 valence electrons. The van der Waals surface area contributed by atoms with Crippen molar-refractivity contribution < 1.29 is 22.0 Å². The molecule has 20 heavy (non-hydrogen) atoms. The smallest absolute Gasteiger partial charge is 0.336 e. The normalized spacial score (nSPS) is 22.8. The molecular weight excluding hydrogens is 290 g/mol. The Labute approximate surface area is 118 Å². The number of hydrogen-bond donors (Lipinski definition) is 0. The second-order valence-corrected chi connectivity index (χ2v) is 7.31. The summed E-state index contributed by atoms with van der Waals surface area (Å²) in [6.45, 7) is 0.574. The summed E-state index contributed by atoms with van der Waals surface area (Å²) in [6.07, 6.45) is 4.13. The van der Waals surface area contributed by atoms with E-state index in [0.717, 1.165) is 22.0 Å². The monoisotopic (exact) mass is 310 g/mol. The van der Waals surface area contributed by atoms with Crippen molar-refractivity contribution in [1.29, 1.82) is 0 Å². The summed E-state index contributed by atoms with van der Waals surface area (Å²) in [7, 11) is -4.90. The highest BCUT2D eigenvalue weighted by molar-refractivity contribution is 7.91. The van der Waals surface area contributed by atoms with Crippen molar-refractivity contribution in [1.82, 2.24) is 9.21 Å². The minimum atomic E-state index is -4.90. The fourth-order valence-electron chi connectivity index (χ4n) is 2.66. The van der Waals surface area contributed by atoms with Gasteiger partial charge in [-0.2, -0.15) is 13.1 Å². The zero-order valence-corrected chi connectivity index (χ0v) is 12.2. The second-order valence-electron chi connectivity index (χ2n) is 5.33. The molecule has 0 aliphatic carbocycles. The lowest BCUT2D eigenvalue weighted by Crippen LogP contribution is -2.55. The molecule has 0 N–H and O–H groups in total. The molecule has 2 aliphatic rings. The standard InChI is InChI=1S/C12H20F2N2O3S/c13-12(14,11(17)15-7-3-1-4-8-15)20(18,19)16-9-5-2-6-10-16/h1-10H2. The Morgan fingerprint density at radius 3 is 1.80 bits per heavy atom. The van der Waals surface area contributed by atoms with Gasteiger partial charge in [-0.15, -0.1) is 0 Å². The van der Waals surface area contributed by atoms with Crippen molar-refractivity contribution in [3.63, 3.8) is 0 Å². The predicted octanol–water partition coefficient (Wildman–Crippen LogP) is 1.41. The first-order chi connectivity index (χ1) is 9.37. The van der Waals surface area contributed by atoms with Crippen molar-refractivity contribution >= 4 is 15.9 Å². The molecule has 1 amide bonds. The molecule has 0 saturated carbocycles. The second kappa shape index (κ2) is 5.93. The van der Waals surface area contributed by atoms with Crippen LogP contribution < -0.4 is 0 Å². The Morgan fingerprint density at radius 2 is 1.30 bits per heavy atom. The van der Waals surface area contributed by atoms with Crippen molar-refractivity contribution in [2.75, 3.05) is 26.2 Å². The lowest BCUT2D eigenvalue weighted by atomic mass is 10.1. The van der Waals surface area contributed by atoms with Gasteiger partial charge in [-0.3, -0.25) is 4.79 Å². The molecule has 0 radical (unpaired) electrons. The van der Waals surface area contributed by atoms with Gasteiger partial charge in [-0.1, -0.05) is 6.42 Å². The first-order valence-electron chi connectivity index (χ1n) is 7.04. The number of carbonyl (C=O) groups excluding carboxylic acids is 1. The van der Waals surface area contributed by atoms with Crippen molar-refractivity contribution in [3.8, 4) is 0 Å². The van der Waals surface area contributed by atoms with Crippen LogP contribution in [0.5, 0.6) is 0 Å². The van der Waals surface area contributed by atoms with Gasteiger partial charge >= 0.3 is 11.2 Å². The fourth-order valence-corrected chi connectivity index (χ4v) is 4.07. The number of piperidine rings is 2. The van der Waals surface area contributed by atoms with Gasteiger partial charge in [0.25, 0.3) is 10.0 Å². The average Bonchev–Trinajstić information content (AvgIpc) is 2.48. The minimum absolute atomic E-state index is 0.0746. The van der Waals surface area contributed by atoms with E-state index in [1.54, 1.807) is 0 Å². The van der Waals surface area contributed by atoms with Crippen LogP contribution in [0.1, 0.15) is 38.5 Å². The van der Waals surface area contributed by atoms with Crippen molar-refractivity contribution in [3.05, 3.63) is 0 Å². The SMILES string of the molecule is O=C(N1CCCCC1)C(F)(F)S(=O)(=O)N1CCCCC1. The molecule has 2 saturated heterocycles. The third kappa shape index (κ3) is 2.81. The van der Waals surface area contributed by atoms with Crippen LogP contribution in [-0.4, -0.2) is 55.0 Å². The largest absolute Gasteiger partial charge is 0.435 e. The lowest BCUT2D eigenvalue weighted by molar-refractivity contribution is -0.148. The number of sulfonamides is 1. The molecule has 0 unspecified atom stereocenters. The highest BCUT2D eigenvalue weighted by Gasteiger charge is 2.57. The minimum Gasteiger partial charge on any atom is -0.336 e. The van der Waals surface area contributed by atoms with E-state index in [-0.39, 0.29) is 26.2 Å². The van der Waals surface area contributed by atoms with E-state index in [2.05, 4.69) is 0 Å². The first-order valence-corrected chi connectivity index (χ1v) is 8.48. The molecule has 2 rings (SSSR count). The first kappa shape index (κ1) is 15.6. The summed E-state index contributed by atoms with van der Waals surface area (Å²) in [4.78, 5) is 12.9. The maximum atomic E-state index is 14.1. The summed E-state index contributed by atoms with van der Waals surface area (Å²) in [5.41, 5.74) is 0. The van der Waals surface area contributed by atoms with Crippen LogP contribution in [0.4, 0.5) is 8.78 Å². The number of halogens is 2. The predicted molar refractivity (Wildman–Crippen MR) is 69.7 cm³/mol. The van der Waals surface area contributed by atoms with Crippen LogP contribution in [-0.2, 0) is 14.8 Å². The number of carbonyl (C=O) groups is 1. The topological polar surface area (TPSA) is 57.7 Å². The van der Waals surface area contributed by atoms with Gasteiger partial charge < -0.3 is 4.90 Å². The Balaban J connectivity index is 2.16. The van der Waals surface area contributed by atoms with Gasteiger partial charge in [0, 0.05) is 26.2 Å². The summed E-state index contributed by atoms with van der Waals surface area (Å²) < 4.78 is 53.1. The number of amides is 1. The highest BCUT2D eigenvalue weighted by atomic mass is 32.2. The molecule has 5 nitrogen and oxygen atoms in total. The fraction of sp³-hybridized carbons (Fsp3) is 0.917. The molecular formula is C12H20F2N2O3S. The van der Waals surface area contributed by atoms with E-state index in [4.69, 9.17) is 0 Å². The van der Waals surface area contributed by atoms with Gasteiger partial charge in [0.1, 0.15) is 0 Å². The third-order valence-corrected chi connectivity index (χ3v) is 5.74. The van der Waals surface area contributed by atoms with Crippen LogP contribution in [0, 0.1) is 0 Å². The molecule has 0 atom stereocenters. The molecule has 0 aromatic heterocycles. The van der Waals surface area contributed by atoms with E-state index in [0.29, 0.717) is 25.7 Å². The number of alkyl halides is 2. The van der Waals surface area contributed by atoms with Crippen LogP contribution in [0.15, 0.2) is 0 Å². The van der Waals surface area contributed by atoms with E-state index in [9.17, 15) is 22.0 Å². The average molecular weight is 310 g/mol. The van der Waals surface area contributed by atoms with E-state index >= 15 is 0 Å². The lowest BCUT2D eigenvalue weighted by Gasteiger charge is -2.33. The van der Waals surface area contributed by atoms with Crippen LogP contribution in [0.2, 0.25) is 0 Å². The van der Waals surface area contributed by atoms with Gasteiger partial charge in [0.2, 0.25) is 0 Å². The van der Waals surface area contributed by atoms with Crippen molar-refractivity contribution in [2.45, 2.75) is 43.8 Å². The Kier molecular flexibility index (Phi) is 4.63. The molecule has 0 bridgehead atoms. The third-order valence-electron chi connectivity index (χ3n) is 3.87. The quantitative estimate of drug-likeness (QED) is 0.792. The van der Waals surface area contributed by atoms with Gasteiger partial charge in [0.15, 0.2) is 0 Å². The zero-order valence-electron chi connectivity index (χ0n) is 11.4. The number of rotatable bonds is 3. The summed E-state index contributed by atoms with van der Waals surface area (Å²) in [6, 6.07) is 0. The Bertz CT molecular complexity index is 455. The molecule has 8 heteroatoms. The maximum Gasteiger partial charge on any atom is 0.435 e. The maximum absolute atomic E-state index is 14.1. The molecule has 0 aromatic rings. The van der Waals surface area contributed by atoms with E-state index in [1.165, 1.54) is 0 Å². The summed E-state index contributed by atoms with van der Waals surface area (Å²) in [5, 5.41) is -4.35. The van der Waals surface area contributed by atoms with Crippen molar-refractivity contribution in [2.24, 2.45) is 0 Å². The van der Waals surface area contributed by atoms with Crippen LogP contribution >= 0.6 is 0 Å². The molecule has 2 fully saturated rings. The van der Waals surface area contributed by atoms with Gasteiger partial charge in [-0.25, -0.2) is 8.42 Å². The number of hydrogen-bond acceptors (Lipinski definition) is 3. The van der Waals surface area contributed by atoms with Gasteiger partial charge in [-0.05, 0) is 32.1 Å². The molecule has 0 spiro atoms. The number of nitrogens with zero attached hydrogens (tertiary/aromatic N) is 2. The van der Waals surface area contributed by atoms with Crippen LogP contribution in [0.3, 0.4) is 0 Å². The highest BCUT2D eigenvalue weighted by Crippen LogP contribution is 2.30. The molecule has 0 aromatic carbocycles. The number of likely N-dealkylation sites (tertiary alicyclic amines) is 1. The Morgan fingerprint density at radius 1 is 0.850 bits per heavy atom.